The first-order valence-corrected chi connectivity index (χ1v) is 9.54. The molecule has 25 heavy (non-hydrogen) atoms. The zero-order valence-electron chi connectivity index (χ0n) is 16.1. The van der Waals surface area contributed by atoms with Crippen molar-refractivity contribution in [2.45, 2.75) is 53.1 Å². The number of aromatic nitrogens is 2. The molecule has 0 aliphatic carbocycles. The normalized spacial score (nSPS) is 16.8. The number of hydrogen-bond donors (Lipinski definition) is 1. The predicted molar refractivity (Wildman–Crippen MR) is 100 cm³/mol. The minimum Gasteiger partial charge on any atom is -0.465 e. The van der Waals surface area contributed by atoms with E-state index in [0.29, 0.717) is 0 Å². The summed E-state index contributed by atoms with van der Waals surface area (Å²) in [6.07, 6.45) is 3.51. The fourth-order valence-corrected chi connectivity index (χ4v) is 3.76. The molecule has 0 aromatic carbocycles. The van der Waals surface area contributed by atoms with Crippen LogP contribution < -0.4 is 0 Å². The van der Waals surface area contributed by atoms with Crippen molar-refractivity contribution in [2.24, 2.45) is 5.92 Å². The zero-order valence-corrected chi connectivity index (χ0v) is 16.1. The summed E-state index contributed by atoms with van der Waals surface area (Å²) < 4.78 is 5.71. The Balaban J connectivity index is 1.42. The second-order valence-electron chi connectivity index (χ2n) is 7.54. The Morgan fingerprint density at radius 3 is 2.64 bits per heavy atom. The predicted octanol–water partition coefficient (Wildman–Crippen LogP) is 3.53. The molecule has 1 aliphatic heterocycles. The highest BCUT2D eigenvalue weighted by molar-refractivity contribution is 5.13. The number of rotatable bonds is 7. The summed E-state index contributed by atoms with van der Waals surface area (Å²) in [5.74, 6) is 3.98. The van der Waals surface area contributed by atoms with E-state index in [4.69, 9.17) is 9.40 Å². The molecule has 3 rings (SSSR count). The molecule has 2 aromatic heterocycles. The molecule has 0 bridgehead atoms. The van der Waals surface area contributed by atoms with Gasteiger partial charge in [0.1, 0.15) is 17.3 Å². The van der Waals surface area contributed by atoms with Gasteiger partial charge in [-0.25, -0.2) is 4.98 Å². The first kappa shape index (κ1) is 18.2. The Morgan fingerprint density at radius 2 is 2.04 bits per heavy atom. The fourth-order valence-electron chi connectivity index (χ4n) is 3.76. The summed E-state index contributed by atoms with van der Waals surface area (Å²) in [5, 5.41) is 0. The molecule has 0 saturated carbocycles. The molecule has 1 N–H and O–H groups in total. The minimum absolute atomic E-state index is 0.782. The lowest BCUT2D eigenvalue weighted by Gasteiger charge is -2.33. The van der Waals surface area contributed by atoms with Crippen molar-refractivity contribution in [2.75, 3.05) is 26.7 Å². The quantitative estimate of drug-likeness (QED) is 0.835. The highest BCUT2D eigenvalue weighted by atomic mass is 16.3. The summed E-state index contributed by atoms with van der Waals surface area (Å²) in [6.45, 7) is 11.7. The van der Waals surface area contributed by atoms with Crippen LogP contribution in [0.2, 0.25) is 0 Å². The Bertz CT molecular complexity index is 667. The van der Waals surface area contributed by atoms with Crippen LogP contribution in [-0.4, -0.2) is 46.4 Å². The van der Waals surface area contributed by atoms with E-state index in [1.165, 1.54) is 37.3 Å². The van der Waals surface area contributed by atoms with E-state index in [0.717, 1.165) is 49.3 Å². The van der Waals surface area contributed by atoms with Crippen LogP contribution in [0.5, 0.6) is 0 Å². The van der Waals surface area contributed by atoms with E-state index in [-0.39, 0.29) is 0 Å². The van der Waals surface area contributed by atoms with E-state index >= 15 is 0 Å². The monoisotopic (exact) mass is 344 g/mol. The highest BCUT2D eigenvalue weighted by Gasteiger charge is 2.21. The van der Waals surface area contributed by atoms with Gasteiger partial charge in [0.15, 0.2) is 0 Å². The van der Waals surface area contributed by atoms with Crippen molar-refractivity contribution in [3.05, 3.63) is 40.9 Å². The summed E-state index contributed by atoms with van der Waals surface area (Å²) in [4.78, 5) is 13.0. The van der Waals surface area contributed by atoms with Gasteiger partial charge in [-0.3, -0.25) is 4.90 Å². The van der Waals surface area contributed by atoms with Gasteiger partial charge in [0, 0.05) is 25.2 Å². The molecule has 1 fully saturated rings. The van der Waals surface area contributed by atoms with Crippen LogP contribution in [0.3, 0.4) is 0 Å². The van der Waals surface area contributed by atoms with Crippen molar-refractivity contribution >= 4 is 0 Å². The summed E-state index contributed by atoms with van der Waals surface area (Å²) in [6, 6.07) is 4.16. The minimum atomic E-state index is 0.782. The molecule has 2 aromatic rings. The third-order valence-electron chi connectivity index (χ3n) is 5.24. The van der Waals surface area contributed by atoms with Gasteiger partial charge in [0.2, 0.25) is 0 Å². The number of furan rings is 1. The van der Waals surface area contributed by atoms with Crippen molar-refractivity contribution in [1.82, 2.24) is 19.8 Å². The second-order valence-corrected chi connectivity index (χ2v) is 7.54. The average Bonchev–Trinajstić information content (AvgIpc) is 3.15. The number of H-pyrrole nitrogens is 1. The first-order chi connectivity index (χ1) is 12.0. The number of aryl methyl sites for hydroxylation is 3. The Labute approximate surface area is 151 Å². The smallest absolute Gasteiger partial charge is 0.118 e. The van der Waals surface area contributed by atoms with Crippen LogP contribution in [0.4, 0.5) is 0 Å². The number of nitrogens with one attached hydrogen (secondary N) is 1. The Morgan fingerprint density at radius 1 is 1.28 bits per heavy atom. The molecule has 1 aliphatic rings. The van der Waals surface area contributed by atoms with Crippen molar-refractivity contribution in [3.63, 3.8) is 0 Å². The maximum atomic E-state index is 5.71. The lowest BCUT2D eigenvalue weighted by Crippen LogP contribution is -2.37. The van der Waals surface area contributed by atoms with Gasteiger partial charge in [-0.15, -0.1) is 0 Å². The van der Waals surface area contributed by atoms with Crippen molar-refractivity contribution in [1.29, 1.82) is 0 Å². The van der Waals surface area contributed by atoms with Crippen LogP contribution in [-0.2, 0) is 19.5 Å². The third-order valence-corrected chi connectivity index (χ3v) is 5.24. The highest BCUT2D eigenvalue weighted by Crippen LogP contribution is 2.21. The molecular formula is C20H32N4O. The van der Waals surface area contributed by atoms with E-state index in [1.807, 2.05) is 6.92 Å². The molecule has 5 nitrogen and oxygen atoms in total. The molecule has 5 heteroatoms. The molecule has 138 valence electrons. The summed E-state index contributed by atoms with van der Waals surface area (Å²) in [5.41, 5.74) is 2.41. The van der Waals surface area contributed by atoms with Crippen LogP contribution in [0.1, 0.15) is 48.5 Å². The van der Waals surface area contributed by atoms with Crippen LogP contribution in [0.25, 0.3) is 0 Å². The van der Waals surface area contributed by atoms with E-state index in [9.17, 15) is 0 Å². The van der Waals surface area contributed by atoms with Gasteiger partial charge >= 0.3 is 0 Å². The lowest BCUT2D eigenvalue weighted by atomic mass is 9.96. The van der Waals surface area contributed by atoms with Gasteiger partial charge in [-0.1, -0.05) is 6.92 Å². The molecule has 0 unspecified atom stereocenters. The zero-order chi connectivity index (χ0) is 17.8. The maximum absolute atomic E-state index is 5.71. The van der Waals surface area contributed by atoms with Gasteiger partial charge in [-0.2, -0.15) is 0 Å². The Hall–Kier alpha value is -1.59. The number of likely N-dealkylation sites (tertiary alicyclic amines) is 1. The topological polar surface area (TPSA) is 48.3 Å². The lowest BCUT2D eigenvalue weighted by molar-refractivity contribution is 0.139. The second kappa shape index (κ2) is 8.19. The van der Waals surface area contributed by atoms with E-state index in [2.05, 4.69) is 47.8 Å². The molecule has 1 saturated heterocycles. The molecule has 0 amide bonds. The summed E-state index contributed by atoms with van der Waals surface area (Å²) in [7, 11) is 2.22. The Kier molecular flexibility index (Phi) is 5.97. The number of hydrogen-bond acceptors (Lipinski definition) is 4. The molecule has 0 spiro atoms. The number of piperidine rings is 1. The van der Waals surface area contributed by atoms with Gasteiger partial charge < -0.3 is 14.3 Å². The van der Waals surface area contributed by atoms with Crippen molar-refractivity contribution in [3.8, 4) is 0 Å². The van der Waals surface area contributed by atoms with Gasteiger partial charge in [-0.05, 0) is 64.9 Å². The van der Waals surface area contributed by atoms with Gasteiger partial charge in [0.05, 0.1) is 12.2 Å². The van der Waals surface area contributed by atoms with Crippen LogP contribution >= 0.6 is 0 Å². The number of nitrogens with zero attached hydrogens (tertiary/aromatic N) is 3. The molecule has 0 radical (unpaired) electrons. The number of aromatic amines is 1. The maximum Gasteiger partial charge on any atom is 0.118 e. The van der Waals surface area contributed by atoms with E-state index in [1.54, 1.807) is 0 Å². The number of imidazole rings is 1. The van der Waals surface area contributed by atoms with E-state index < -0.39 is 0 Å². The largest absolute Gasteiger partial charge is 0.465 e. The molecule has 3 heterocycles. The molecule has 0 atom stereocenters. The summed E-state index contributed by atoms with van der Waals surface area (Å²) >= 11 is 0. The standard InChI is InChI=1S/C20H32N4O/c1-5-20-21-16(3)19(22-20)14-23(4)12-17-8-10-24(11-9-17)13-18-7-6-15(2)25-18/h6-7,17H,5,8-14H2,1-4H3,(H,21,22). The average molecular weight is 345 g/mol. The fraction of sp³-hybridized carbons (Fsp3) is 0.650. The SMILES string of the molecule is CCc1nc(CN(C)CC2CCN(Cc3ccc(C)o3)CC2)c(C)[nH]1. The van der Waals surface area contributed by atoms with Gasteiger partial charge in [0.25, 0.3) is 0 Å². The van der Waals surface area contributed by atoms with Crippen LogP contribution in [0.15, 0.2) is 16.5 Å². The molecular weight excluding hydrogens is 312 g/mol. The van der Waals surface area contributed by atoms with Crippen LogP contribution in [0, 0.1) is 19.8 Å². The first-order valence-electron chi connectivity index (χ1n) is 9.54. The van der Waals surface area contributed by atoms with Crippen molar-refractivity contribution < 1.29 is 4.42 Å². The third kappa shape index (κ3) is 4.95.